The molecule has 13 heavy (non-hydrogen) atoms. The van der Waals surface area contributed by atoms with Crippen LogP contribution in [0.5, 0.6) is 5.75 Å². The molecule has 0 amide bonds. The number of hydrogen-bond acceptors (Lipinski definition) is 4. The molecule has 0 saturated heterocycles. The van der Waals surface area contributed by atoms with E-state index in [1.165, 1.54) is 6.20 Å². The highest BCUT2D eigenvalue weighted by atomic mass is 16.6. The first-order chi connectivity index (χ1) is 5.89. The maximum absolute atomic E-state index is 8.51. The molecule has 0 aliphatic heterocycles. The van der Waals surface area contributed by atoms with Crippen LogP contribution in [0.3, 0.4) is 0 Å². The van der Waals surface area contributed by atoms with Gasteiger partial charge in [-0.15, -0.1) is 0 Å². The van der Waals surface area contributed by atoms with Crippen molar-refractivity contribution in [3.63, 3.8) is 0 Å². The van der Waals surface area contributed by atoms with Gasteiger partial charge in [-0.2, -0.15) is 5.10 Å². The minimum absolute atomic E-state index is 0.137. The molecule has 0 radical (unpaired) electrons. The van der Waals surface area contributed by atoms with Crippen LogP contribution < -0.4 is 4.65 Å². The van der Waals surface area contributed by atoms with E-state index in [2.05, 4.69) is 9.75 Å². The first kappa shape index (κ1) is 10.1. The van der Waals surface area contributed by atoms with Crippen LogP contribution in [-0.4, -0.2) is 27.1 Å². The second kappa shape index (κ2) is 3.39. The summed E-state index contributed by atoms with van der Waals surface area (Å²) in [6.07, 6.45) is 3.05. The summed E-state index contributed by atoms with van der Waals surface area (Å²) in [6.45, 7) is 5.96. The van der Waals surface area contributed by atoms with Gasteiger partial charge in [-0.25, -0.2) is 0 Å². The summed E-state index contributed by atoms with van der Waals surface area (Å²) in [5.74, 6) is 0.338. The van der Waals surface area contributed by atoms with Crippen LogP contribution >= 0.6 is 0 Å². The molecule has 1 heterocycles. The Hall–Kier alpha value is -1.01. The van der Waals surface area contributed by atoms with Crippen molar-refractivity contribution in [3.05, 3.63) is 12.4 Å². The molecule has 0 aliphatic carbocycles. The quantitative estimate of drug-likeness (QED) is 0.634. The number of hydrogen-bond donors (Lipinski definition) is 2. The highest BCUT2D eigenvalue weighted by molar-refractivity contribution is 6.33. The van der Waals surface area contributed by atoms with Crippen molar-refractivity contribution in [2.24, 2.45) is 0 Å². The van der Waals surface area contributed by atoms with Crippen molar-refractivity contribution in [2.45, 2.75) is 26.3 Å². The molecule has 0 aliphatic rings. The van der Waals surface area contributed by atoms with Crippen molar-refractivity contribution >= 4 is 7.32 Å². The molecule has 0 saturated carbocycles. The van der Waals surface area contributed by atoms with Crippen LogP contribution in [0, 0.1) is 0 Å². The lowest BCUT2D eigenvalue weighted by Gasteiger charge is -2.18. The zero-order chi connectivity index (χ0) is 10.1. The Morgan fingerprint density at radius 1 is 1.46 bits per heavy atom. The van der Waals surface area contributed by atoms with Gasteiger partial charge in [-0.3, -0.25) is 4.68 Å². The summed E-state index contributed by atoms with van der Waals surface area (Å²) in [6, 6.07) is 0. The molecular weight excluding hydrogens is 171 g/mol. The maximum atomic E-state index is 8.51. The summed E-state index contributed by atoms with van der Waals surface area (Å²) in [5, 5.41) is 21.0. The molecule has 0 spiro atoms. The van der Waals surface area contributed by atoms with Crippen molar-refractivity contribution in [2.75, 3.05) is 0 Å². The van der Waals surface area contributed by atoms with E-state index < -0.39 is 7.32 Å². The molecule has 6 heteroatoms. The third kappa shape index (κ3) is 2.75. The first-order valence-electron chi connectivity index (χ1n) is 3.97. The van der Waals surface area contributed by atoms with Crippen LogP contribution in [0.4, 0.5) is 0 Å². The molecule has 72 valence electrons. The SMILES string of the molecule is CC(C)(C)n1cc(OB(O)O)cn1. The van der Waals surface area contributed by atoms with Crippen LogP contribution in [0.15, 0.2) is 12.4 Å². The minimum Gasteiger partial charge on any atom is -0.509 e. The van der Waals surface area contributed by atoms with Gasteiger partial charge in [0.2, 0.25) is 0 Å². The fourth-order valence-electron chi connectivity index (χ4n) is 0.856. The zero-order valence-electron chi connectivity index (χ0n) is 7.93. The van der Waals surface area contributed by atoms with Crippen LogP contribution in [-0.2, 0) is 5.54 Å². The summed E-state index contributed by atoms with van der Waals surface area (Å²) in [4.78, 5) is 0. The minimum atomic E-state index is -1.79. The zero-order valence-corrected chi connectivity index (χ0v) is 7.93. The molecular formula is C7H13BN2O3. The van der Waals surface area contributed by atoms with Gasteiger partial charge in [0.1, 0.15) is 5.75 Å². The van der Waals surface area contributed by atoms with Crippen LogP contribution in [0.2, 0.25) is 0 Å². The predicted molar refractivity (Wildman–Crippen MR) is 48.0 cm³/mol. The molecule has 1 aromatic heterocycles. The van der Waals surface area contributed by atoms with Gasteiger partial charge in [-0.1, -0.05) is 0 Å². The molecule has 0 aromatic carbocycles. The molecule has 0 fully saturated rings. The summed E-state index contributed by atoms with van der Waals surface area (Å²) in [5.41, 5.74) is -0.137. The van der Waals surface area contributed by atoms with Crippen LogP contribution in [0.1, 0.15) is 20.8 Å². The third-order valence-electron chi connectivity index (χ3n) is 1.49. The number of nitrogens with zero attached hydrogens (tertiary/aromatic N) is 2. The average Bonchev–Trinajstić information content (AvgIpc) is 2.32. The lowest BCUT2D eigenvalue weighted by atomic mass is 10.1. The summed E-state index contributed by atoms with van der Waals surface area (Å²) < 4.78 is 6.30. The predicted octanol–water partition coefficient (Wildman–Crippen LogP) is -0.0136. The smallest absolute Gasteiger partial charge is 0.509 e. The first-order valence-corrected chi connectivity index (χ1v) is 3.97. The lowest BCUT2D eigenvalue weighted by Crippen LogP contribution is -2.22. The Morgan fingerprint density at radius 3 is 2.46 bits per heavy atom. The van der Waals surface area contributed by atoms with Gasteiger partial charge in [0.15, 0.2) is 0 Å². The van der Waals surface area contributed by atoms with E-state index >= 15 is 0 Å². The largest absolute Gasteiger partial charge is 0.707 e. The van der Waals surface area contributed by atoms with Gasteiger partial charge in [-0.05, 0) is 20.8 Å². The van der Waals surface area contributed by atoms with Crippen molar-refractivity contribution in [3.8, 4) is 5.75 Å². The standard InChI is InChI=1S/C7H13BN2O3/c1-7(2,3)10-5-6(4-9-10)13-8(11)12/h4-5,11-12H,1-3H3. The highest BCUT2D eigenvalue weighted by Crippen LogP contribution is 2.17. The Kier molecular flexibility index (Phi) is 2.63. The van der Waals surface area contributed by atoms with E-state index in [0.29, 0.717) is 5.75 Å². The molecule has 0 atom stereocenters. The molecule has 5 nitrogen and oxygen atoms in total. The average molecular weight is 184 g/mol. The second-order valence-corrected chi connectivity index (χ2v) is 3.74. The normalized spacial score (nSPS) is 11.5. The van der Waals surface area contributed by atoms with Gasteiger partial charge in [0.05, 0.1) is 17.9 Å². The van der Waals surface area contributed by atoms with Crippen molar-refractivity contribution < 1.29 is 14.7 Å². The van der Waals surface area contributed by atoms with E-state index in [0.717, 1.165) is 0 Å². The Balaban J connectivity index is 2.75. The number of aromatic nitrogens is 2. The molecule has 0 unspecified atom stereocenters. The lowest BCUT2D eigenvalue weighted by molar-refractivity contribution is 0.287. The monoisotopic (exact) mass is 184 g/mol. The van der Waals surface area contributed by atoms with Crippen molar-refractivity contribution in [1.82, 2.24) is 9.78 Å². The molecule has 0 bridgehead atoms. The fourth-order valence-corrected chi connectivity index (χ4v) is 0.856. The van der Waals surface area contributed by atoms with Gasteiger partial charge in [0, 0.05) is 0 Å². The van der Waals surface area contributed by atoms with E-state index in [1.807, 2.05) is 20.8 Å². The second-order valence-electron chi connectivity index (χ2n) is 3.74. The maximum Gasteiger partial charge on any atom is 0.707 e. The summed E-state index contributed by atoms with van der Waals surface area (Å²) >= 11 is 0. The van der Waals surface area contributed by atoms with E-state index in [-0.39, 0.29) is 5.54 Å². The van der Waals surface area contributed by atoms with E-state index in [4.69, 9.17) is 10.0 Å². The molecule has 1 rings (SSSR count). The molecule has 2 N–H and O–H groups in total. The number of rotatable bonds is 2. The topological polar surface area (TPSA) is 67.5 Å². The highest BCUT2D eigenvalue weighted by Gasteiger charge is 2.17. The van der Waals surface area contributed by atoms with Gasteiger partial charge in [0.25, 0.3) is 0 Å². The van der Waals surface area contributed by atoms with E-state index in [9.17, 15) is 0 Å². The van der Waals surface area contributed by atoms with Gasteiger partial charge >= 0.3 is 7.32 Å². The summed E-state index contributed by atoms with van der Waals surface area (Å²) in [7, 11) is -1.79. The van der Waals surface area contributed by atoms with Crippen molar-refractivity contribution in [1.29, 1.82) is 0 Å². The third-order valence-corrected chi connectivity index (χ3v) is 1.49. The Bertz CT molecular complexity index is 280. The fraction of sp³-hybridized carbons (Fsp3) is 0.571. The van der Waals surface area contributed by atoms with Crippen LogP contribution in [0.25, 0.3) is 0 Å². The van der Waals surface area contributed by atoms with Gasteiger partial charge < -0.3 is 14.7 Å². The Labute approximate surface area is 77.1 Å². The molecule has 1 aromatic rings. The van der Waals surface area contributed by atoms with E-state index in [1.54, 1.807) is 10.9 Å². The Morgan fingerprint density at radius 2 is 2.08 bits per heavy atom.